The van der Waals surface area contributed by atoms with Gasteiger partial charge in [0, 0.05) is 30.4 Å². The second-order valence-electron chi connectivity index (χ2n) is 6.78. The second-order valence-corrected chi connectivity index (χ2v) is 6.78. The van der Waals surface area contributed by atoms with E-state index in [4.69, 9.17) is 9.47 Å². The molecule has 0 atom stereocenters. The average molecular weight is 413 g/mol. The first-order valence-electron chi connectivity index (χ1n) is 9.54. The minimum Gasteiger partial charge on any atom is -0.493 e. The fourth-order valence-electron chi connectivity index (χ4n) is 3.52. The van der Waals surface area contributed by atoms with Crippen LogP contribution in [0.25, 0.3) is 0 Å². The van der Waals surface area contributed by atoms with Gasteiger partial charge in [-0.2, -0.15) is 0 Å². The Kier molecular flexibility index (Phi) is 6.20. The van der Waals surface area contributed by atoms with Crippen molar-refractivity contribution in [3.8, 4) is 11.5 Å². The predicted molar refractivity (Wildman–Crippen MR) is 112 cm³/mol. The van der Waals surface area contributed by atoms with E-state index in [2.05, 4.69) is 5.32 Å². The summed E-state index contributed by atoms with van der Waals surface area (Å²) in [6, 6.07) is 7.72. The van der Waals surface area contributed by atoms with E-state index < -0.39 is 10.8 Å². The smallest absolute Gasteiger partial charge is 0.286 e. The molecule has 3 rings (SSSR count). The molecule has 30 heavy (non-hydrogen) atoms. The third kappa shape index (κ3) is 4.05. The minimum absolute atomic E-state index is 0.0497. The van der Waals surface area contributed by atoms with E-state index >= 15 is 0 Å². The van der Waals surface area contributed by atoms with Crippen LogP contribution in [0.15, 0.2) is 30.3 Å². The maximum atomic E-state index is 12.8. The monoisotopic (exact) mass is 413 g/mol. The van der Waals surface area contributed by atoms with Crippen LogP contribution in [0.2, 0.25) is 0 Å². The Morgan fingerprint density at radius 2 is 1.87 bits per heavy atom. The third-order valence-corrected chi connectivity index (χ3v) is 5.00. The number of methoxy groups -OCH3 is 2. The minimum atomic E-state index is -0.641. The number of nitro groups is 1. The van der Waals surface area contributed by atoms with Crippen LogP contribution in [0.1, 0.15) is 35.7 Å². The highest BCUT2D eigenvalue weighted by Gasteiger charge is 2.26. The van der Waals surface area contributed by atoms with Crippen LogP contribution in [-0.2, 0) is 11.2 Å². The van der Waals surface area contributed by atoms with Gasteiger partial charge < -0.3 is 19.7 Å². The van der Waals surface area contributed by atoms with Crippen molar-refractivity contribution in [2.75, 3.05) is 31.0 Å². The van der Waals surface area contributed by atoms with Gasteiger partial charge in [0.1, 0.15) is 5.56 Å². The van der Waals surface area contributed by atoms with Gasteiger partial charge in [-0.25, -0.2) is 0 Å². The largest absolute Gasteiger partial charge is 0.493 e. The molecule has 0 bridgehead atoms. The molecule has 158 valence electrons. The van der Waals surface area contributed by atoms with E-state index in [1.165, 1.54) is 20.3 Å². The van der Waals surface area contributed by atoms with Crippen molar-refractivity contribution in [3.05, 3.63) is 51.6 Å². The molecule has 0 radical (unpaired) electrons. The molecule has 9 heteroatoms. The number of benzene rings is 2. The van der Waals surface area contributed by atoms with Gasteiger partial charge in [0.25, 0.3) is 11.6 Å². The van der Waals surface area contributed by atoms with Gasteiger partial charge in [-0.15, -0.1) is 0 Å². The first kappa shape index (κ1) is 21.1. The molecule has 0 aromatic heterocycles. The van der Waals surface area contributed by atoms with Crippen LogP contribution in [-0.4, -0.2) is 37.5 Å². The summed E-state index contributed by atoms with van der Waals surface area (Å²) in [6.07, 6.45) is 2.03. The van der Waals surface area contributed by atoms with E-state index in [1.54, 1.807) is 23.1 Å². The number of carbonyl (C=O) groups is 2. The molecule has 0 unspecified atom stereocenters. The van der Waals surface area contributed by atoms with Crippen LogP contribution >= 0.6 is 0 Å². The van der Waals surface area contributed by atoms with Gasteiger partial charge in [-0.3, -0.25) is 19.7 Å². The fourth-order valence-corrected chi connectivity index (χ4v) is 3.52. The number of carbonyl (C=O) groups excluding carboxylic acids is 2. The molecule has 1 aliphatic heterocycles. The summed E-state index contributed by atoms with van der Waals surface area (Å²) < 4.78 is 10.3. The Morgan fingerprint density at radius 1 is 1.17 bits per heavy atom. The molecule has 0 fully saturated rings. The summed E-state index contributed by atoms with van der Waals surface area (Å²) in [4.78, 5) is 37.5. The van der Waals surface area contributed by atoms with Crippen molar-refractivity contribution >= 4 is 28.9 Å². The number of nitro benzene ring substituents is 1. The number of ether oxygens (including phenoxy) is 2. The number of nitrogens with one attached hydrogen (secondary N) is 1. The van der Waals surface area contributed by atoms with Crippen LogP contribution in [0.3, 0.4) is 0 Å². The highest BCUT2D eigenvalue weighted by atomic mass is 16.6. The maximum Gasteiger partial charge on any atom is 0.286 e. The number of aryl methyl sites for hydroxylation is 1. The number of amides is 2. The SMILES string of the molecule is CCC(=O)N1CCCc2cc(NC(=O)c3cc(OC)c(OC)cc3[N+](=O)[O-])ccc21. The van der Waals surface area contributed by atoms with Crippen molar-refractivity contribution in [2.24, 2.45) is 0 Å². The van der Waals surface area contributed by atoms with Crippen molar-refractivity contribution < 1.29 is 24.0 Å². The summed E-state index contributed by atoms with van der Waals surface area (Å²) in [5.41, 5.74) is 1.75. The quantitative estimate of drug-likeness (QED) is 0.573. The van der Waals surface area contributed by atoms with E-state index in [1.807, 2.05) is 6.92 Å². The third-order valence-electron chi connectivity index (χ3n) is 5.00. The van der Waals surface area contributed by atoms with E-state index in [9.17, 15) is 19.7 Å². The van der Waals surface area contributed by atoms with Crippen molar-refractivity contribution in [1.82, 2.24) is 0 Å². The second kappa shape index (κ2) is 8.81. The lowest BCUT2D eigenvalue weighted by Gasteiger charge is -2.29. The Morgan fingerprint density at radius 3 is 2.50 bits per heavy atom. The first-order valence-corrected chi connectivity index (χ1v) is 9.54. The Bertz CT molecular complexity index is 1000. The zero-order valence-electron chi connectivity index (χ0n) is 17.1. The summed E-state index contributed by atoms with van der Waals surface area (Å²) in [5.74, 6) is -0.212. The fraction of sp³-hybridized carbons (Fsp3) is 0.333. The average Bonchev–Trinajstić information content (AvgIpc) is 2.76. The normalized spacial score (nSPS) is 12.7. The lowest BCUT2D eigenvalue weighted by atomic mass is 10.0. The number of hydrogen-bond acceptors (Lipinski definition) is 6. The Hall–Kier alpha value is -3.62. The molecule has 1 aliphatic rings. The molecular weight excluding hydrogens is 390 g/mol. The van der Waals surface area contributed by atoms with E-state index in [0.29, 0.717) is 18.7 Å². The molecule has 9 nitrogen and oxygen atoms in total. The molecule has 2 aromatic carbocycles. The lowest BCUT2D eigenvalue weighted by Crippen LogP contribution is -2.34. The predicted octanol–water partition coefficient (Wildman–Crippen LogP) is 3.55. The summed E-state index contributed by atoms with van der Waals surface area (Å²) in [6.45, 7) is 2.49. The molecule has 0 aliphatic carbocycles. The lowest BCUT2D eigenvalue weighted by molar-refractivity contribution is -0.385. The topological polar surface area (TPSA) is 111 Å². The van der Waals surface area contributed by atoms with Crippen LogP contribution in [0.4, 0.5) is 17.1 Å². The van der Waals surface area contributed by atoms with E-state index in [-0.39, 0.29) is 28.7 Å². The molecular formula is C21H23N3O6. The van der Waals surface area contributed by atoms with Crippen LogP contribution < -0.4 is 19.7 Å². The molecule has 0 saturated heterocycles. The number of hydrogen-bond donors (Lipinski definition) is 1. The van der Waals surface area contributed by atoms with Gasteiger partial charge in [0.05, 0.1) is 25.2 Å². The Labute approximate surface area is 173 Å². The molecule has 2 amide bonds. The van der Waals surface area contributed by atoms with Gasteiger partial charge in [0.15, 0.2) is 11.5 Å². The number of anilines is 2. The summed E-state index contributed by atoms with van der Waals surface area (Å²) >= 11 is 0. The zero-order valence-corrected chi connectivity index (χ0v) is 17.1. The molecule has 2 aromatic rings. The highest BCUT2D eigenvalue weighted by Crippen LogP contribution is 2.35. The molecule has 1 N–H and O–H groups in total. The van der Waals surface area contributed by atoms with Crippen LogP contribution in [0, 0.1) is 10.1 Å². The number of rotatable bonds is 6. The number of nitrogens with zero attached hydrogens (tertiary/aromatic N) is 2. The Balaban J connectivity index is 1.91. The zero-order chi connectivity index (χ0) is 21.8. The summed E-state index contributed by atoms with van der Waals surface area (Å²) in [7, 11) is 2.75. The molecule has 0 spiro atoms. The van der Waals surface area contributed by atoms with Crippen molar-refractivity contribution in [1.29, 1.82) is 0 Å². The highest BCUT2D eigenvalue weighted by molar-refractivity contribution is 6.08. The van der Waals surface area contributed by atoms with Crippen molar-refractivity contribution in [2.45, 2.75) is 26.2 Å². The molecule has 1 heterocycles. The van der Waals surface area contributed by atoms with Crippen molar-refractivity contribution in [3.63, 3.8) is 0 Å². The number of fused-ring (bicyclic) bond motifs is 1. The van der Waals surface area contributed by atoms with Gasteiger partial charge >= 0.3 is 0 Å². The van der Waals surface area contributed by atoms with Gasteiger partial charge in [0.2, 0.25) is 5.91 Å². The standard InChI is InChI=1S/C21H23N3O6/c1-4-20(25)23-9-5-6-13-10-14(7-8-16(13)23)22-21(26)15-11-18(29-2)19(30-3)12-17(15)24(27)28/h7-8,10-12H,4-6,9H2,1-3H3,(H,22,26). The first-order chi connectivity index (χ1) is 14.4. The molecule has 0 saturated carbocycles. The maximum absolute atomic E-state index is 12.8. The summed E-state index contributed by atoms with van der Waals surface area (Å²) in [5, 5.41) is 14.2. The van der Waals surface area contributed by atoms with Gasteiger partial charge in [-0.1, -0.05) is 6.92 Å². The van der Waals surface area contributed by atoms with Gasteiger partial charge in [-0.05, 0) is 36.6 Å². The van der Waals surface area contributed by atoms with Crippen LogP contribution in [0.5, 0.6) is 11.5 Å². The van der Waals surface area contributed by atoms with E-state index in [0.717, 1.165) is 30.2 Å².